The van der Waals surface area contributed by atoms with Crippen LogP contribution in [0.3, 0.4) is 0 Å². The highest BCUT2D eigenvalue weighted by atomic mass is 32.2. The Kier molecular flexibility index (Phi) is 4.72. The molecule has 1 aliphatic rings. The van der Waals surface area contributed by atoms with Gasteiger partial charge >= 0.3 is 0 Å². The zero-order valence-electron chi connectivity index (χ0n) is 9.98. The fourth-order valence-electron chi connectivity index (χ4n) is 1.65. The van der Waals surface area contributed by atoms with Gasteiger partial charge in [-0.2, -0.15) is 11.8 Å². The van der Waals surface area contributed by atoms with Gasteiger partial charge in [-0.05, 0) is 30.8 Å². The lowest BCUT2D eigenvalue weighted by Crippen LogP contribution is -2.15. The number of imidazole rings is 1. The number of hydrogen-bond donors (Lipinski definition) is 1. The fourth-order valence-corrected chi connectivity index (χ4v) is 2.27. The van der Waals surface area contributed by atoms with Crippen LogP contribution in [0.25, 0.3) is 0 Å². The maximum absolute atomic E-state index is 4.41. The highest BCUT2D eigenvalue weighted by Gasteiger charge is 2.20. The molecule has 0 aromatic carbocycles. The van der Waals surface area contributed by atoms with Crippen LogP contribution in [0.15, 0.2) is 12.5 Å². The average Bonchev–Trinajstić information content (AvgIpc) is 3.02. The first kappa shape index (κ1) is 12.0. The lowest BCUT2D eigenvalue weighted by molar-refractivity contribution is 0.667. The fraction of sp³-hybridized carbons (Fsp3) is 0.750. The number of rotatable bonds is 8. The second-order valence-corrected chi connectivity index (χ2v) is 5.70. The highest BCUT2D eigenvalue weighted by molar-refractivity contribution is 7.99. The second-order valence-electron chi connectivity index (χ2n) is 4.31. The third-order valence-corrected chi connectivity index (χ3v) is 3.73. The average molecular weight is 239 g/mol. The standard InChI is InChI=1S/C12H21N3S/c1-2-16-7-3-6-15-9-12(14-10-15)8-13-11-4-5-11/h9-11,13H,2-8H2,1H3. The molecule has 90 valence electrons. The summed E-state index contributed by atoms with van der Waals surface area (Å²) >= 11 is 2.01. The van der Waals surface area contributed by atoms with E-state index in [1.165, 1.54) is 36.5 Å². The molecule has 0 aliphatic heterocycles. The lowest BCUT2D eigenvalue weighted by Gasteiger charge is -2.01. The van der Waals surface area contributed by atoms with Crippen LogP contribution in [0.1, 0.15) is 31.9 Å². The van der Waals surface area contributed by atoms with Crippen LogP contribution in [-0.4, -0.2) is 27.1 Å². The molecular formula is C12H21N3S. The Balaban J connectivity index is 1.64. The van der Waals surface area contributed by atoms with Crippen LogP contribution in [0.5, 0.6) is 0 Å². The van der Waals surface area contributed by atoms with Crippen molar-refractivity contribution in [1.29, 1.82) is 0 Å². The van der Waals surface area contributed by atoms with Gasteiger partial charge in [-0.25, -0.2) is 4.98 Å². The molecule has 1 aromatic heterocycles. The molecule has 1 heterocycles. The third kappa shape index (κ3) is 4.18. The largest absolute Gasteiger partial charge is 0.337 e. The first-order chi connectivity index (χ1) is 7.88. The number of nitrogens with one attached hydrogen (secondary N) is 1. The SMILES string of the molecule is CCSCCCn1cnc(CNC2CC2)c1. The van der Waals surface area contributed by atoms with Crippen molar-refractivity contribution in [2.75, 3.05) is 11.5 Å². The summed E-state index contributed by atoms with van der Waals surface area (Å²) in [6, 6.07) is 0.770. The zero-order valence-corrected chi connectivity index (χ0v) is 10.8. The van der Waals surface area contributed by atoms with Gasteiger partial charge in [0.25, 0.3) is 0 Å². The predicted octanol–water partition coefficient (Wildman–Crippen LogP) is 2.28. The minimum absolute atomic E-state index is 0.770. The summed E-state index contributed by atoms with van der Waals surface area (Å²) in [6.07, 6.45) is 8.06. The molecule has 1 aliphatic carbocycles. The van der Waals surface area contributed by atoms with E-state index in [0.29, 0.717) is 0 Å². The minimum Gasteiger partial charge on any atom is -0.337 e. The Labute approximate surface area is 102 Å². The van der Waals surface area contributed by atoms with Crippen molar-refractivity contribution in [3.63, 3.8) is 0 Å². The van der Waals surface area contributed by atoms with E-state index in [9.17, 15) is 0 Å². The Bertz CT molecular complexity index is 307. The van der Waals surface area contributed by atoms with E-state index in [0.717, 1.165) is 19.1 Å². The first-order valence-corrected chi connectivity index (χ1v) is 7.35. The number of aryl methyl sites for hydroxylation is 1. The van der Waals surface area contributed by atoms with Crippen molar-refractivity contribution in [2.45, 2.75) is 45.3 Å². The van der Waals surface area contributed by atoms with Crippen molar-refractivity contribution < 1.29 is 0 Å². The van der Waals surface area contributed by atoms with Gasteiger partial charge in [0.05, 0.1) is 12.0 Å². The lowest BCUT2D eigenvalue weighted by atomic mass is 10.4. The van der Waals surface area contributed by atoms with Crippen LogP contribution >= 0.6 is 11.8 Å². The van der Waals surface area contributed by atoms with Crippen LogP contribution < -0.4 is 5.32 Å². The predicted molar refractivity (Wildman–Crippen MR) is 69.7 cm³/mol. The number of hydrogen-bond acceptors (Lipinski definition) is 3. The van der Waals surface area contributed by atoms with Gasteiger partial charge in [0.2, 0.25) is 0 Å². The maximum Gasteiger partial charge on any atom is 0.0949 e. The topological polar surface area (TPSA) is 29.9 Å². The van der Waals surface area contributed by atoms with Gasteiger partial charge in [-0.3, -0.25) is 0 Å². The van der Waals surface area contributed by atoms with Gasteiger partial charge in [0.15, 0.2) is 0 Å². The molecule has 0 unspecified atom stereocenters. The van der Waals surface area contributed by atoms with E-state index < -0.39 is 0 Å². The first-order valence-electron chi connectivity index (χ1n) is 6.20. The van der Waals surface area contributed by atoms with Crippen molar-refractivity contribution in [1.82, 2.24) is 14.9 Å². The molecule has 1 aromatic rings. The number of thioether (sulfide) groups is 1. The molecule has 1 saturated carbocycles. The molecule has 0 amide bonds. The van der Waals surface area contributed by atoms with Crippen LogP contribution in [0, 0.1) is 0 Å². The normalized spacial score (nSPS) is 15.6. The van der Waals surface area contributed by atoms with Gasteiger partial charge < -0.3 is 9.88 Å². The van der Waals surface area contributed by atoms with Gasteiger partial charge in [0, 0.05) is 25.3 Å². The molecule has 0 saturated heterocycles. The molecule has 16 heavy (non-hydrogen) atoms. The number of aromatic nitrogens is 2. The van der Waals surface area contributed by atoms with E-state index in [4.69, 9.17) is 0 Å². The van der Waals surface area contributed by atoms with E-state index in [2.05, 4.69) is 28.0 Å². The quantitative estimate of drug-likeness (QED) is 0.706. The molecule has 4 heteroatoms. The Morgan fingerprint density at radius 2 is 2.44 bits per heavy atom. The summed E-state index contributed by atoms with van der Waals surface area (Å²) < 4.78 is 2.21. The summed E-state index contributed by atoms with van der Waals surface area (Å²) in [5, 5.41) is 3.48. The van der Waals surface area contributed by atoms with Crippen LogP contribution in [-0.2, 0) is 13.1 Å². The Morgan fingerprint density at radius 3 is 3.19 bits per heavy atom. The molecule has 0 radical (unpaired) electrons. The van der Waals surface area contributed by atoms with Gasteiger partial charge in [-0.1, -0.05) is 6.92 Å². The maximum atomic E-state index is 4.41. The van der Waals surface area contributed by atoms with E-state index in [-0.39, 0.29) is 0 Å². The highest BCUT2D eigenvalue weighted by Crippen LogP contribution is 2.18. The van der Waals surface area contributed by atoms with Crippen molar-refractivity contribution >= 4 is 11.8 Å². The molecule has 0 spiro atoms. The van der Waals surface area contributed by atoms with E-state index >= 15 is 0 Å². The minimum atomic E-state index is 0.770. The van der Waals surface area contributed by atoms with Crippen molar-refractivity contribution in [3.05, 3.63) is 18.2 Å². The van der Waals surface area contributed by atoms with Gasteiger partial charge in [0.1, 0.15) is 0 Å². The van der Waals surface area contributed by atoms with Crippen LogP contribution in [0.2, 0.25) is 0 Å². The summed E-state index contributed by atoms with van der Waals surface area (Å²) in [6.45, 7) is 4.24. The summed E-state index contributed by atoms with van der Waals surface area (Å²) in [7, 11) is 0. The number of nitrogens with zero attached hydrogens (tertiary/aromatic N) is 2. The molecular weight excluding hydrogens is 218 g/mol. The smallest absolute Gasteiger partial charge is 0.0949 e. The molecule has 1 N–H and O–H groups in total. The monoisotopic (exact) mass is 239 g/mol. The molecule has 0 atom stereocenters. The molecule has 3 nitrogen and oxygen atoms in total. The molecule has 0 bridgehead atoms. The zero-order chi connectivity index (χ0) is 11.2. The summed E-state index contributed by atoms with van der Waals surface area (Å²) in [5.74, 6) is 2.48. The van der Waals surface area contributed by atoms with E-state index in [1.54, 1.807) is 0 Å². The van der Waals surface area contributed by atoms with Crippen molar-refractivity contribution in [2.24, 2.45) is 0 Å². The Hall–Kier alpha value is -0.480. The molecule has 2 rings (SSSR count). The summed E-state index contributed by atoms with van der Waals surface area (Å²) in [4.78, 5) is 4.41. The van der Waals surface area contributed by atoms with Gasteiger partial charge in [-0.15, -0.1) is 0 Å². The van der Waals surface area contributed by atoms with Crippen LogP contribution in [0.4, 0.5) is 0 Å². The van der Waals surface area contributed by atoms with Crippen molar-refractivity contribution in [3.8, 4) is 0 Å². The van der Waals surface area contributed by atoms with E-state index in [1.807, 2.05) is 18.1 Å². The molecule has 1 fully saturated rings. The Morgan fingerprint density at radius 1 is 1.56 bits per heavy atom. The summed E-state index contributed by atoms with van der Waals surface area (Å²) in [5.41, 5.74) is 1.18. The second kappa shape index (κ2) is 6.30. The third-order valence-electron chi connectivity index (χ3n) is 2.75.